The van der Waals surface area contributed by atoms with Crippen molar-refractivity contribution in [3.63, 3.8) is 0 Å². The molecule has 4 heterocycles. The van der Waals surface area contributed by atoms with Crippen molar-refractivity contribution in [2.75, 3.05) is 13.1 Å². The maximum atomic E-state index is 14.7. The van der Waals surface area contributed by atoms with Gasteiger partial charge in [-0.15, -0.1) is 0 Å². The normalized spacial score (nSPS) is 18.4. The third-order valence-electron chi connectivity index (χ3n) is 5.42. The Bertz CT molecular complexity index is 1290. The van der Waals surface area contributed by atoms with Crippen molar-refractivity contribution in [3.05, 3.63) is 71.6 Å². The van der Waals surface area contributed by atoms with E-state index in [4.69, 9.17) is 16.3 Å². The second-order valence-electron chi connectivity index (χ2n) is 7.41. The fourth-order valence-electron chi connectivity index (χ4n) is 3.76. The summed E-state index contributed by atoms with van der Waals surface area (Å²) in [4.78, 5) is 23.0. The predicted octanol–water partition coefficient (Wildman–Crippen LogP) is 4.46. The van der Waals surface area contributed by atoms with Gasteiger partial charge in [0.05, 0.1) is 17.1 Å². The summed E-state index contributed by atoms with van der Waals surface area (Å²) in [5, 5.41) is 1.10. The van der Waals surface area contributed by atoms with E-state index in [2.05, 4.69) is 9.97 Å². The minimum absolute atomic E-state index is 0.0889. The standard InChI is InChI=1S/C22H17ClF2N4O2/c23-15-7-10-28-12-9-26-20(28)19(15)21(30)29-11-8-22(24,25)17(13-29)31-18-6-5-14-3-1-2-4-16(14)27-18/h1-7,9-10,12,17H,8,11,13H2/t17-/m0/s1. The van der Waals surface area contributed by atoms with Gasteiger partial charge in [-0.2, -0.15) is 0 Å². The number of ether oxygens (including phenoxy) is 1. The highest BCUT2D eigenvalue weighted by atomic mass is 35.5. The zero-order valence-corrected chi connectivity index (χ0v) is 17.0. The van der Waals surface area contributed by atoms with Crippen molar-refractivity contribution < 1.29 is 18.3 Å². The van der Waals surface area contributed by atoms with Crippen LogP contribution in [-0.2, 0) is 0 Å². The molecule has 0 unspecified atom stereocenters. The Hall–Kier alpha value is -3.26. The van der Waals surface area contributed by atoms with Crippen molar-refractivity contribution >= 4 is 34.1 Å². The molecule has 31 heavy (non-hydrogen) atoms. The van der Waals surface area contributed by atoms with Gasteiger partial charge in [0.15, 0.2) is 11.8 Å². The van der Waals surface area contributed by atoms with Gasteiger partial charge in [0.1, 0.15) is 5.56 Å². The summed E-state index contributed by atoms with van der Waals surface area (Å²) in [5.74, 6) is -3.48. The molecule has 9 heteroatoms. The Kier molecular flexibility index (Phi) is 4.74. The molecule has 1 aromatic carbocycles. The lowest BCUT2D eigenvalue weighted by atomic mass is 10.0. The van der Waals surface area contributed by atoms with Gasteiger partial charge in [-0.05, 0) is 18.2 Å². The summed E-state index contributed by atoms with van der Waals surface area (Å²) in [6, 6.07) is 12.2. The number of fused-ring (bicyclic) bond motifs is 2. The second kappa shape index (κ2) is 7.46. The van der Waals surface area contributed by atoms with E-state index in [0.717, 1.165) is 5.39 Å². The van der Waals surface area contributed by atoms with Gasteiger partial charge >= 0.3 is 0 Å². The van der Waals surface area contributed by atoms with Crippen LogP contribution in [0, 0.1) is 0 Å². The molecule has 0 aliphatic carbocycles. The topological polar surface area (TPSA) is 59.7 Å². The third kappa shape index (κ3) is 3.57. The predicted molar refractivity (Wildman–Crippen MR) is 112 cm³/mol. The number of hydrogen-bond acceptors (Lipinski definition) is 4. The maximum absolute atomic E-state index is 14.7. The van der Waals surface area contributed by atoms with Crippen LogP contribution in [0.2, 0.25) is 5.02 Å². The van der Waals surface area contributed by atoms with Crippen molar-refractivity contribution in [1.29, 1.82) is 0 Å². The van der Waals surface area contributed by atoms with Crippen LogP contribution in [0.5, 0.6) is 5.88 Å². The van der Waals surface area contributed by atoms with Crippen LogP contribution in [0.4, 0.5) is 8.78 Å². The van der Waals surface area contributed by atoms with Crippen LogP contribution >= 0.6 is 11.6 Å². The molecule has 0 saturated carbocycles. The third-order valence-corrected chi connectivity index (χ3v) is 5.74. The van der Waals surface area contributed by atoms with Gasteiger partial charge in [0.2, 0.25) is 5.88 Å². The van der Waals surface area contributed by atoms with Crippen molar-refractivity contribution in [3.8, 4) is 5.88 Å². The highest BCUT2D eigenvalue weighted by molar-refractivity contribution is 6.34. The molecule has 1 saturated heterocycles. The van der Waals surface area contributed by atoms with E-state index in [1.807, 2.05) is 18.2 Å². The average molecular weight is 443 g/mol. The monoisotopic (exact) mass is 442 g/mol. The molecule has 6 nitrogen and oxygen atoms in total. The fraction of sp³-hybridized carbons (Fsp3) is 0.227. The SMILES string of the molecule is O=C(c1c(Cl)ccn2ccnc12)N1CCC(F)(F)[C@@H](Oc2ccc3ccccc3n2)C1. The molecule has 1 atom stereocenters. The number of alkyl halides is 2. The summed E-state index contributed by atoms with van der Waals surface area (Å²) >= 11 is 6.26. The first-order chi connectivity index (χ1) is 14.9. The summed E-state index contributed by atoms with van der Waals surface area (Å²) < 4.78 is 36.6. The first-order valence-electron chi connectivity index (χ1n) is 9.73. The summed E-state index contributed by atoms with van der Waals surface area (Å²) in [5.41, 5.74) is 1.20. The van der Waals surface area contributed by atoms with Gasteiger partial charge in [-0.25, -0.2) is 18.7 Å². The molecule has 3 aromatic heterocycles. The molecule has 1 fully saturated rings. The van der Waals surface area contributed by atoms with Crippen LogP contribution in [0.25, 0.3) is 16.6 Å². The Morgan fingerprint density at radius 2 is 2.00 bits per heavy atom. The lowest BCUT2D eigenvalue weighted by Gasteiger charge is -2.38. The number of rotatable bonds is 3. The quantitative estimate of drug-likeness (QED) is 0.470. The number of para-hydroxylation sites is 1. The molecular formula is C22H17ClF2N4O2. The van der Waals surface area contributed by atoms with Crippen molar-refractivity contribution in [2.45, 2.75) is 18.4 Å². The molecule has 0 bridgehead atoms. The lowest BCUT2D eigenvalue weighted by molar-refractivity contribution is -0.131. The minimum Gasteiger partial charge on any atom is -0.466 e. The number of likely N-dealkylation sites (tertiary alicyclic amines) is 1. The number of carbonyl (C=O) groups is 1. The number of pyridine rings is 2. The van der Waals surface area contributed by atoms with Gasteiger partial charge in [-0.3, -0.25) is 4.79 Å². The molecule has 0 spiro atoms. The van der Waals surface area contributed by atoms with Gasteiger partial charge in [-0.1, -0.05) is 29.8 Å². The number of amides is 1. The number of nitrogens with zero attached hydrogens (tertiary/aromatic N) is 4. The highest BCUT2D eigenvalue weighted by Crippen LogP contribution is 2.33. The Morgan fingerprint density at radius 1 is 1.16 bits per heavy atom. The molecule has 1 amide bonds. The van der Waals surface area contributed by atoms with E-state index < -0.39 is 24.4 Å². The number of halogens is 3. The Balaban J connectivity index is 1.42. The molecule has 0 N–H and O–H groups in total. The van der Waals surface area contributed by atoms with Crippen molar-refractivity contribution in [1.82, 2.24) is 19.3 Å². The second-order valence-corrected chi connectivity index (χ2v) is 7.81. The molecule has 4 aromatic rings. The lowest BCUT2D eigenvalue weighted by Crippen LogP contribution is -2.55. The largest absolute Gasteiger partial charge is 0.466 e. The fourth-order valence-corrected chi connectivity index (χ4v) is 3.98. The molecule has 0 radical (unpaired) electrons. The van der Waals surface area contributed by atoms with Crippen LogP contribution in [-0.4, -0.2) is 50.3 Å². The molecule has 1 aliphatic rings. The van der Waals surface area contributed by atoms with E-state index in [-0.39, 0.29) is 29.6 Å². The first kappa shape index (κ1) is 19.7. The number of piperidine rings is 1. The number of hydrogen-bond donors (Lipinski definition) is 0. The maximum Gasteiger partial charge on any atom is 0.287 e. The smallest absolute Gasteiger partial charge is 0.287 e. The molecule has 158 valence electrons. The Morgan fingerprint density at radius 3 is 2.87 bits per heavy atom. The van der Waals surface area contributed by atoms with Gasteiger partial charge in [0.25, 0.3) is 11.8 Å². The van der Waals surface area contributed by atoms with Crippen LogP contribution in [0.3, 0.4) is 0 Å². The van der Waals surface area contributed by atoms with Crippen LogP contribution < -0.4 is 4.74 Å². The van der Waals surface area contributed by atoms with Crippen LogP contribution in [0.1, 0.15) is 16.8 Å². The van der Waals surface area contributed by atoms with E-state index in [1.165, 1.54) is 4.90 Å². The summed E-state index contributed by atoms with van der Waals surface area (Å²) in [6.45, 7) is -0.409. The zero-order valence-electron chi connectivity index (χ0n) is 16.2. The van der Waals surface area contributed by atoms with Gasteiger partial charge < -0.3 is 14.0 Å². The minimum atomic E-state index is -3.10. The average Bonchev–Trinajstić information content (AvgIpc) is 3.23. The molecule has 5 rings (SSSR count). The Labute approximate surface area is 181 Å². The zero-order chi connectivity index (χ0) is 21.6. The first-order valence-corrected chi connectivity index (χ1v) is 10.1. The number of imidazole rings is 1. The van der Waals surface area contributed by atoms with E-state index in [9.17, 15) is 13.6 Å². The number of benzene rings is 1. The summed E-state index contributed by atoms with van der Waals surface area (Å²) in [6.07, 6.45) is 2.86. The molecule has 1 aliphatic heterocycles. The van der Waals surface area contributed by atoms with Gasteiger partial charge in [0, 0.05) is 43.0 Å². The number of aromatic nitrogens is 3. The van der Waals surface area contributed by atoms with E-state index >= 15 is 0 Å². The van der Waals surface area contributed by atoms with E-state index in [1.54, 1.807) is 47.3 Å². The van der Waals surface area contributed by atoms with Crippen molar-refractivity contribution in [2.24, 2.45) is 0 Å². The highest BCUT2D eigenvalue weighted by Gasteiger charge is 2.47. The number of carbonyl (C=O) groups excluding carboxylic acids is 1. The summed E-state index contributed by atoms with van der Waals surface area (Å²) in [7, 11) is 0. The van der Waals surface area contributed by atoms with E-state index in [0.29, 0.717) is 11.2 Å². The van der Waals surface area contributed by atoms with Crippen LogP contribution in [0.15, 0.2) is 61.1 Å². The molecular weight excluding hydrogens is 426 g/mol.